The highest BCUT2D eigenvalue weighted by Crippen LogP contribution is 2.22. The molecule has 0 spiro atoms. The van der Waals surface area contributed by atoms with Crippen molar-refractivity contribution in [3.05, 3.63) is 60.0 Å². The van der Waals surface area contributed by atoms with Gasteiger partial charge in [-0.05, 0) is 18.2 Å². The third-order valence-corrected chi connectivity index (χ3v) is 3.28. The third kappa shape index (κ3) is 3.79. The summed E-state index contributed by atoms with van der Waals surface area (Å²) in [5.41, 5.74) is 8.03. The Hall–Kier alpha value is -2.40. The first-order valence-corrected chi connectivity index (χ1v) is 6.78. The molecule has 0 atom stereocenters. The predicted octanol–water partition coefficient (Wildman–Crippen LogP) is 1.90. The molecule has 1 aliphatic heterocycles. The Labute approximate surface area is 128 Å². The van der Waals surface area contributed by atoms with Crippen molar-refractivity contribution in [1.82, 2.24) is 15.5 Å². The van der Waals surface area contributed by atoms with Crippen LogP contribution in [0.4, 0.5) is 5.69 Å². The second-order valence-electron chi connectivity index (χ2n) is 4.58. The molecule has 4 N–H and O–H groups in total. The predicted molar refractivity (Wildman–Crippen MR) is 86.0 cm³/mol. The number of hydrogen-bond acceptors (Lipinski definition) is 4. The second-order valence-corrected chi connectivity index (χ2v) is 5.02. The van der Waals surface area contributed by atoms with E-state index in [-0.39, 0.29) is 5.91 Å². The molecule has 1 aromatic carbocycles. The molecule has 110 valence electrons. The Balaban J connectivity index is 1.88. The van der Waals surface area contributed by atoms with Crippen molar-refractivity contribution in [2.24, 2.45) is 0 Å². The number of halogens is 1. The Kier molecular flexibility index (Phi) is 4.55. The van der Waals surface area contributed by atoms with E-state index in [1.165, 1.54) is 6.08 Å². The molecular weight excluding hydrogens is 288 g/mol. The number of anilines is 1. The van der Waals surface area contributed by atoms with Crippen molar-refractivity contribution in [3.63, 3.8) is 0 Å². The summed E-state index contributed by atoms with van der Waals surface area (Å²) in [5, 5.41) is 6.42. The number of rotatable bonds is 5. The molecule has 0 aliphatic carbocycles. The van der Waals surface area contributed by atoms with Crippen molar-refractivity contribution in [1.29, 1.82) is 0 Å². The SMILES string of the molecule is C=C(NCCN1C=CC(=O)NC1=C)c1ccc(Cl)cc1N. The quantitative estimate of drug-likeness (QED) is 0.727. The summed E-state index contributed by atoms with van der Waals surface area (Å²) in [6.45, 7) is 9.02. The molecule has 0 fully saturated rings. The highest BCUT2D eigenvalue weighted by atomic mass is 35.5. The van der Waals surface area contributed by atoms with Crippen LogP contribution in [-0.4, -0.2) is 23.9 Å². The standard InChI is InChI=1S/C15H17ClN4O/c1-10(13-4-3-12(16)9-14(13)17)18-6-8-20-7-5-15(21)19-11(20)2/h3-5,7,9,18H,1-2,6,8,17H2,(H,19,21). The minimum Gasteiger partial charge on any atom is -0.398 e. The number of carbonyl (C=O) groups excluding carboxylic acids is 1. The van der Waals surface area contributed by atoms with Crippen LogP contribution < -0.4 is 16.4 Å². The van der Waals surface area contributed by atoms with E-state index in [0.29, 0.717) is 29.6 Å². The van der Waals surface area contributed by atoms with Crippen LogP contribution in [0.15, 0.2) is 49.5 Å². The van der Waals surface area contributed by atoms with E-state index in [0.717, 1.165) is 11.3 Å². The number of nitrogens with one attached hydrogen (secondary N) is 2. The maximum atomic E-state index is 11.1. The minimum absolute atomic E-state index is 0.164. The van der Waals surface area contributed by atoms with Gasteiger partial charge in [0.05, 0.1) is 0 Å². The molecule has 0 saturated carbocycles. The molecular formula is C15H17ClN4O. The molecule has 1 amide bonds. The van der Waals surface area contributed by atoms with E-state index >= 15 is 0 Å². The average Bonchev–Trinajstić information content (AvgIpc) is 2.41. The van der Waals surface area contributed by atoms with Gasteiger partial charge in [0.2, 0.25) is 0 Å². The van der Waals surface area contributed by atoms with Crippen molar-refractivity contribution in [2.75, 3.05) is 18.8 Å². The maximum Gasteiger partial charge on any atom is 0.250 e. The number of nitrogen functional groups attached to an aromatic ring is 1. The number of benzene rings is 1. The van der Waals surface area contributed by atoms with Crippen LogP contribution in [-0.2, 0) is 4.79 Å². The summed E-state index contributed by atoms with van der Waals surface area (Å²) < 4.78 is 0. The van der Waals surface area contributed by atoms with Crippen LogP contribution in [0.25, 0.3) is 5.70 Å². The van der Waals surface area contributed by atoms with Gasteiger partial charge in [0.1, 0.15) is 5.82 Å². The number of nitrogens with two attached hydrogens (primary N) is 1. The number of nitrogens with zero attached hydrogens (tertiary/aromatic N) is 1. The molecule has 0 bridgehead atoms. The lowest BCUT2D eigenvalue weighted by atomic mass is 10.1. The summed E-state index contributed by atoms with van der Waals surface area (Å²) in [6, 6.07) is 5.28. The van der Waals surface area contributed by atoms with Crippen LogP contribution in [0.3, 0.4) is 0 Å². The van der Waals surface area contributed by atoms with E-state index in [2.05, 4.69) is 23.8 Å². The number of hydrogen-bond donors (Lipinski definition) is 3. The van der Waals surface area contributed by atoms with E-state index in [9.17, 15) is 4.79 Å². The van der Waals surface area contributed by atoms with Crippen LogP contribution >= 0.6 is 11.6 Å². The molecule has 21 heavy (non-hydrogen) atoms. The van der Waals surface area contributed by atoms with Gasteiger partial charge in [-0.1, -0.05) is 24.8 Å². The Morgan fingerprint density at radius 1 is 1.48 bits per heavy atom. The monoisotopic (exact) mass is 304 g/mol. The third-order valence-electron chi connectivity index (χ3n) is 3.05. The van der Waals surface area contributed by atoms with Crippen LogP contribution in [0, 0.1) is 0 Å². The molecule has 1 aromatic rings. The molecule has 0 aromatic heterocycles. The largest absolute Gasteiger partial charge is 0.398 e. The average molecular weight is 305 g/mol. The highest BCUT2D eigenvalue weighted by molar-refractivity contribution is 6.30. The first-order valence-electron chi connectivity index (χ1n) is 6.40. The zero-order valence-electron chi connectivity index (χ0n) is 11.5. The molecule has 1 heterocycles. The molecule has 0 saturated heterocycles. The van der Waals surface area contributed by atoms with E-state index in [1.54, 1.807) is 18.3 Å². The molecule has 6 heteroatoms. The fourth-order valence-corrected chi connectivity index (χ4v) is 2.12. The fourth-order valence-electron chi connectivity index (χ4n) is 1.94. The topological polar surface area (TPSA) is 70.4 Å². The zero-order valence-corrected chi connectivity index (χ0v) is 12.3. The molecule has 5 nitrogen and oxygen atoms in total. The first kappa shape index (κ1) is 15.0. The maximum absolute atomic E-state index is 11.1. The Morgan fingerprint density at radius 2 is 2.24 bits per heavy atom. The van der Waals surface area contributed by atoms with Gasteiger partial charge in [-0.15, -0.1) is 0 Å². The van der Waals surface area contributed by atoms with Crippen molar-refractivity contribution in [2.45, 2.75) is 0 Å². The van der Waals surface area contributed by atoms with Crippen LogP contribution in [0.5, 0.6) is 0 Å². The lowest BCUT2D eigenvalue weighted by Gasteiger charge is -2.26. The van der Waals surface area contributed by atoms with E-state index in [1.807, 2.05) is 11.0 Å². The summed E-state index contributed by atoms with van der Waals surface area (Å²) in [7, 11) is 0. The normalized spacial score (nSPS) is 14.0. The lowest BCUT2D eigenvalue weighted by molar-refractivity contribution is -0.116. The molecule has 0 unspecified atom stereocenters. The van der Waals surface area contributed by atoms with Crippen LogP contribution in [0.2, 0.25) is 5.02 Å². The smallest absolute Gasteiger partial charge is 0.250 e. The highest BCUT2D eigenvalue weighted by Gasteiger charge is 2.12. The van der Waals surface area contributed by atoms with Crippen LogP contribution in [0.1, 0.15) is 5.56 Å². The summed E-state index contributed by atoms with van der Waals surface area (Å²) in [4.78, 5) is 13.0. The summed E-state index contributed by atoms with van der Waals surface area (Å²) in [6.07, 6.45) is 3.16. The number of amides is 1. The van der Waals surface area contributed by atoms with Gasteiger partial charge in [-0.25, -0.2) is 0 Å². The van der Waals surface area contributed by atoms with Gasteiger partial charge < -0.3 is 21.3 Å². The second kappa shape index (κ2) is 6.37. The van der Waals surface area contributed by atoms with Gasteiger partial charge in [-0.3, -0.25) is 4.79 Å². The van der Waals surface area contributed by atoms with Gasteiger partial charge in [0.15, 0.2) is 0 Å². The van der Waals surface area contributed by atoms with Crippen molar-refractivity contribution < 1.29 is 4.79 Å². The Bertz CT molecular complexity index is 624. The van der Waals surface area contributed by atoms with Gasteiger partial charge in [0.25, 0.3) is 5.91 Å². The number of carbonyl (C=O) groups is 1. The van der Waals surface area contributed by atoms with Crippen molar-refractivity contribution >= 4 is 28.9 Å². The van der Waals surface area contributed by atoms with Gasteiger partial charge >= 0.3 is 0 Å². The van der Waals surface area contributed by atoms with Gasteiger partial charge in [-0.2, -0.15) is 0 Å². The molecule has 1 aliphatic rings. The first-order chi connectivity index (χ1) is 9.97. The Morgan fingerprint density at radius 3 is 2.90 bits per heavy atom. The van der Waals surface area contributed by atoms with E-state index < -0.39 is 0 Å². The fraction of sp³-hybridized carbons (Fsp3) is 0.133. The summed E-state index contributed by atoms with van der Waals surface area (Å²) in [5.74, 6) is 0.392. The minimum atomic E-state index is -0.164. The lowest BCUT2D eigenvalue weighted by Crippen LogP contribution is -2.38. The molecule has 0 radical (unpaired) electrons. The summed E-state index contributed by atoms with van der Waals surface area (Å²) >= 11 is 5.87. The van der Waals surface area contributed by atoms with Crippen molar-refractivity contribution in [3.8, 4) is 0 Å². The van der Waals surface area contributed by atoms with Gasteiger partial charge in [0, 0.05) is 47.3 Å². The zero-order chi connectivity index (χ0) is 15.4. The molecule has 2 rings (SSSR count). The van der Waals surface area contributed by atoms with E-state index in [4.69, 9.17) is 17.3 Å².